The molecule has 0 radical (unpaired) electrons. The molecule has 2 aromatic rings. The Morgan fingerprint density at radius 2 is 2.00 bits per heavy atom. The summed E-state index contributed by atoms with van der Waals surface area (Å²) in [5, 5.41) is 2.78. The van der Waals surface area contributed by atoms with Crippen LogP contribution in [0.25, 0.3) is 0 Å². The largest absolute Gasteiger partial charge is 0.433 e. The van der Waals surface area contributed by atoms with Crippen molar-refractivity contribution in [2.45, 2.75) is 25.6 Å². The fraction of sp³-hybridized carbons (Fsp3) is 0.286. The third-order valence-electron chi connectivity index (χ3n) is 2.75. The van der Waals surface area contributed by atoms with Crippen LogP contribution < -0.4 is 5.32 Å². The number of nitrogens with one attached hydrogen (secondary N) is 1. The van der Waals surface area contributed by atoms with Crippen LogP contribution in [0.3, 0.4) is 0 Å². The molecule has 1 aromatic heterocycles. The molecule has 0 fully saturated rings. The van der Waals surface area contributed by atoms with Crippen molar-refractivity contribution in [3.8, 4) is 0 Å². The van der Waals surface area contributed by atoms with E-state index >= 15 is 0 Å². The highest BCUT2D eigenvalue weighted by molar-refractivity contribution is 5.29. The monoisotopic (exact) mass is 299 g/mol. The second-order valence-corrected chi connectivity index (χ2v) is 4.64. The van der Waals surface area contributed by atoms with Gasteiger partial charge in [0.25, 0.3) is 0 Å². The van der Waals surface area contributed by atoms with Gasteiger partial charge in [-0.3, -0.25) is 0 Å². The number of hydrogen-bond donors (Lipinski definition) is 1. The highest BCUT2D eigenvalue weighted by Gasteiger charge is 2.32. The van der Waals surface area contributed by atoms with Crippen LogP contribution in [0.15, 0.2) is 36.5 Å². The lowest BCUT2D eigenvalue weighted by Gasteiger charge is -2.15. The average Bonchev–Trinajstić information content (AvgIpc) is 2.37. The summed E-state index contributed by atoms with van der Waals surface area (Å²) in [4.78, 5) is 7.18. The number of nitrogens with zero attached hydrogens (tertiary/aromatic N) is 2. The van der Waals surface area contributed by atoms with Crippen LogP contribution in [0, 0.1) is 5.82 Å². The predicted molar refractivity (Wildman–Crippen MR) is 70.2 cm³/mol. The summed E-state index contributed by atoms with van der Waals surface area (Å²) in [7, 11) is 0. The quantitative estimate of drug-likeness (QED) is 0.875. The Balaban J connectivity index is 2.04. The van der Waals surface area contributed by atoms with Crippen molar-refractivity contribution < 1.29 is 17.6 Å². The zero-order chi connectivity index (χ0) is 15.5. The molecule has 0 aliphatic carbocycles. The molecule has 0 saturated carbocycles. The summed E-state index contributed by atoms with van der Waals surface area (Å²) >= 11 is 0. The first-order chi connectivity index (χ1) is 9.84. The summed E-state index contributed by atoms with van der Waals surface area (Å²) < 4.78 is 50.7. The van der Waals surface area contributed by atoms with Crippen LogP contribution in [0.4, 0.5) is 23.5 Å². The standard InChI is InChI=1S/C14H13F4N3/c1-9(7-10-3-2-4-11(15)8-10)20-13-19-6-5-12(21-13)14(16,17)18/h2-6,8-9H,7H2,1H3,(H,19,20,21). The molecule has 0 bridgehead atoms. The second kappa shape index (κ2) is 6.07. The van der Waals surface area contributed by atoms with E-state index in [1.54, 1.807) is 19.1 Å². The molecule has 7 heteroatoms. The molecule has 2 rings (SSSR count). The number of hydrogen-bond acceptors (Lipinski definition) is 3. The van der Waals surface area contributed by atoms with Gasteiger partial charge >= 0.3 is 6.18 Å². The summed E-state index contributed by atoms with van der Waals surface area (Å²) in [6.45, 7) is 1.76. The second-order valence-electron chi connectivity index (χ2n) is 4.64. The Morgan fingerprint density at radius 1 is 1.24 bits per heavy atom. The maximum atomic E-state index is 13.1. The summed E-state index contributed by atoms with van der Waals surface area (Å²) in [5.74, 6) is -0.455. The average molecular weight is 299 g/mol. The summed E-state index contributed by atoms with van der Waals surface area (Å²) in [6, 6.07) is 6.60. The van der Waals surface area contributed by atoms with Crippen molar-refractivity contribution in [1.29, 1.82) is 0 Å². The fourth-order valence-electron chi connectivity index (χ4n) is 1.88. The maximum Gasteiger partial charge on any atom is 0.433 e. The van der Waals surface area contributed by atoms with Crippen molar-refractivity contribution in [2.75, 3.05) is 5.32 Å². The topological polar surface area (TPSA) is 37.8 Å². The van der Waals surface area contributed by atoms with E-state index in [-0.39, 0.29) is 17.8 Å². The number of benzene rings is 1. The Bertz CT molecular complexity index is 613. The zero-order valence-electron chi connectivity index (χ0n) is 11.2. The molecule has 1 heterocycles. The van der Waals surface area contributed by atoms with E-state index in [1.165, 1.54) is 12.1 Å². The lowest BCUT2D eigenvalue weighted by Crippen LogP contribution is -2.21. The van der Waals surface area contributed by atoms with E-state index in [2.05, 4.69) is 15.3 Å². The Morgan fingerprint density at radius 3 is 2.67 bits per heavy atom. The van der Waals surface area contributed by atoms with Gasteiger partial charge < -0.3 is 5.32 Å². The number of aromatic nitrogens is 2. The van der Waals surface area contributed by atoms with E-state index in [0.717, 1.165) is 17.8 Å². The lowest BCUT2D eigenvalue weighted by molar-refractivity contribution is -0.141. The van der Waals surface area contributed by atoms with Crippen molar-refractivity contribution >= 4 is 5.95 Å². The van der Waals surface area contributed by atoms with Crippen molar-refractivity contribution in [1.82, 2.24) is 9.97 Å². The lowest BCUT2D eigenvalue weighted by atomic mass is 10.1. The molecule has 3 nitrogen and oxygen atoms in total. The summed E-state index contributed by atoms with van der Waals surface area (Å²) in [6.07, 6.45) is -3.02. The first-order valence-corrected chi connectivity index (χ1v) is 6.26. The van der Waals surface area contributed by atoms with Gasteiger partial charge in [0, 0.05) is 12.2 Å². The first kappa shape index (κ1) is 15.2. The molecule has 0 spiro atoms. The van der Waals surface area contributed by atoms with Crippen LogP contribution in [-0.4, -0.2) is 16.0 Å². The minimum Gasteiger partial charge on any atom is -0.351 e. The predicted octanol–water partition coefficient (Wildman–Crippen LogP) is 3.68. The third-order valence-corrected chi connectivity index (χ3v) is 2.75. The van der Waals surface area contributed by atoms with Crippen LogP contribution in [-0.2, 0) is 12.6 Å². The van der Waals surface area contributed by atoms with Crippen molar-refractivity contribution in [3.63, 3.8) is 0 Å². The highest BCUT2D eigenvalue weighted by Crippen LogP contribution is 2.27. The smallest absolute Gasteiger partial charge is 0.351 e. The van der Waals surface area contributed by atoms with Gasteiger partial charge in [0.05, 0.1) is 0 Å². The Hall–Kier alpha value is -2.18. The molecule has 0 saturated heterocycles. The van der Waals surface area contributed by atoms with Crippen LogP contribution in [0.2, 0.25) is 0 Å². The Kier molecular flexibility index (Phi) is 4.40. The Labute approximate surface area is 119 Å². The number of halogens is 4. The minimum atomic E-state index is -4.51. The van der Waals surface area contributed by atoms with Gasteiger partial charge in [-0.1, -0.05) is 12.1 Å². The van der Waals surface area contributed by atoms with E-state index in [0.29, 0.717) is 6.42 Å². The van der Waals surface area contributed by atoms with E-state index in [4.69, 9.17) is 0 Å². The van der Waals surface area contributed by atoms with Gasteiger partial charge in [-0.05, 0) is 37.1 Å². The van der Waals surface area contributed by atoms with E-state index < -0.39 is 11.9 Å². The molecule has 0 aliphatic rings. The molecular weight excluding hydrogens is 286 g/mol. The van der Waals surface area contributed by atoms with Gasteiger partial charge in [-0.25, -0.2) is 14.4 Å². The summed E-state index contributed by atoms with van der Waals surface area (Å²) in [5.41, 5.74) is -0.264. The molecule has 0 amide bonds. The molecule has 1 unspecified atom stereocenters. The van der Waals surface area contributed by atoms with Crippen LogP contribution in [0.1, 0.15) is 18.2 Å². The van der Waals surface area contributed by atoms with Crippen LogP contribution >= 0.6 is 0 Å². The SMILES string of the molecule is CC(Cc1cccc(F)c1)Nc1nccc(C(F)(F)F)n1. The number of alkyl halides is 3. The first-order valence-electron chi connectivity index (χ1n) is 6.26. The molecule has 0 aliphatic heterocycles. The molecule has 1 N–H and O–H groups in total. The fourth-order valence-corrected chi connectivity index (χ4v) is 1.88. The zero-order valence-corrected chi connectivity index (χ0v) is 11.2. The van der Waals surface area contributed by atoms with Gasteiger partial charge in [-0.2, -0.15) is 13.2 Å². The molecule has 1 aromatic carbocycles. The normalized spacial score (nSPS) is 13.0. The molecule has 112 valence electrons. The molecule has 1 atom stereocenters. The number of anilines is 1. The van der Waals surface area contributed by atoms with Gasteiger partial charge in [-0.15, -0.1) is 0 Å². The van der Waals surface area contributed by atoms with Gasteiger partial charge in [0.1, 0.15) is 11.5 Å². The van der Waals surface area contributed by atoms with Crippen LogP contribution in [0.5, 0.6) is 0 Å². The maximum absolute atomic E-state index is 13.1. The molecular formula is C14H13F4N3. The van der Waals surface area contributed by atoms with Crippen molar-refractivity contribution in [2.24, 2.45) is 0 Å². The number of rotatable bonds is 4. The minimum absolute atomic E-state index is 0.103. The third kappa shape index (κ3) is 4.40. The highest BCUT2D eigenvalue weighted by atomic mass is 19.4. The molecule has 21 heavy (non-hydrogen) atoms. The van der Waals surface area contributed by atoms with Gasteiger partial charge in [0.15, 0.2) is 0 Å². The van der Waals surface area contributed by atoms with Crippen molar-refractivity contribution in [3.05, 3.63) is 53.6 Å². The van der Waals surface area contributed by atoms with E-state index in [9.17, 15) is 17.6 Å². The van der Waals surface area contributed by atoms with Gasteiger partial charge in [0.2, 0.25) is 5.95 Å². The van der Waals surface area contributed by atoms with E-state index in [1.807, 2.05) is 0 Å².